The molecule has 7 nitrogen and oxygen atoms in total. The predicted octanol–water partition coefficient (Wildman–Crippen LogP) is 0.631. The van der Waals surface area contributed by atoms with Crippen LogP contribution in [0.1, 0.15) is 43.9 Å². The minimum Gasteiger partial charge on any atom is -0.377 e. The van der Waals surface area contributed by atoms with Crippen LogP contribution in [0.4, 0.5) is 0 Å². The van der Waals surface area contributed by atoms with E-state index in [-0.39, 0.29) is 24.4 Å². The molecule has 118 valence electrons. The third kappa shape index (κ3) is 2.65. The summed E-state index contributed by atoms with van der Waals surface area (Å²) >= 11 is 0. The van der Waals surface area contributed by atoms with Crippen molar-refractivity contribution < 1.29 is 9.53 Å². The van der Waals surface area contributed by atoms with E-state index >= 15 is 0 Å². The smallest absolute Gasteiger partial charge is 0.243 e. The van der Waals surface area contributed by atoms with Crippen LogP contribution in [0.5, 0.6) is 0 Å². The van der Waals surface area contributed by atoms with Crippen molar-refractivity contribution in [1.82, 2.24) is 19.7 Å². The van der Waals surface area contributed by atoms with Crippen LogP contribution < -0.4 is 5.73 Å². The summed E-state index contributed by atoms with van der Waals surface area (Å²) in [5.74, 6) is 1.68. The number of nitrogens with zero attached hydrogens (tertiary/aromatic N) is 4. The number of amides is 1. The SMILES string of the molecule is COCc1nnc2n1[C@@H](C)CN(C(=O)C1(N)CCC1)C2.Cl. The lowest BCUT2D eigenvalue weighted by atomic mass is 9.76. The van der Waals surface area contributed by atoms with Crippen LogP contribution >= 0.6 is 12.4 Å². The molecule has 1 aliphatic heterocycles. The molecule has 0 aromatic carbocycles. The number of nitrogens with two attached hydrogens (primary N) is 1. The molecule has 0 saturated heterocycles. The Morgan fingerprint density at radius 1 is 1.48 bits per heavy atom. The summed E-state index contributed by atoms with van der Waals surface area (Å²) in [5.41, 5.74) is 5.50. The number of rotatable bonds is 3. The van der Waals surface area contributed by atoms with Crippen LogP contribution in [0.2, 0.25) is 0 Å². The number of aromatic nitrogens is 3. The number of halogens is 1. The van der Waals surface area contributed by atoms with Crippen molar-refractivity contribution in [2.45, 2.75) is 50.9 Å². The molecule has 1 aromatic heterocycles. The van der Waals surface area contributed by atoms with Crippen LogP contribution in [-0.4, -0.2) is 44.8 Å². The average Bonchev–Trinajstić information content (AvgIpc) is 2.79. The summed E-state index contributed by atoms with van der Waals surface area (Å²) in [6.07, 6.45) is 2.62. The Morgan fingerprint density at radius 3 is 2.76 bits per heavy atom. The first-order valence-electron chi connectivity index (χ1n) is 7.05. The molecule has 2 N–H and O–H groups in total. The minimum absolute atomic E-state index is 0. The van der Waals surface area contributed by atoms with Gasteiger partial charge in [0.25, 0.3) is 0 Å². The van der Waals surface area contributed by atoms with Crippen LogP contribution in [0, 0.1) is 0 Å². The quantitative estimate of drug-likeness (QED) is 0.884. The lowest BCUT2D eigenvalue weighted by Crippen LogP contribution is -2.60. The van der Waals surface area contributed by atoms with E-state index in [4.69, 9.17) is 10.5 Å². The van der Waals surface area contributed by atoms with Crippen molar-refractivity contribution in [3.63, 3.8) is 0 Å². The van der Waals surface area contributed by atoms with Gasteiger partial charge >= 0.3 is 0 Å². The molecular weight excluding hydrogens is 294 g/mol. The second-order valence-corrected chi connectivity index (χ2v) is 5.88. The lowest BCUT2D eigenvalue weighted by Gasteiger charge is -2.42. The molecule has 2 aliphatic rings. The number of hydrogen-bond donors (Lipinski definition) is 1. The summed E-state index contributed by atoms with van der Waals surface area (Å²) < 4.78 is 7.20. The zero-order chi connectivity index (χ0) is 14.3. The van der Waals surface area contributed by atoms with Crippen molar-refractivity contribution in [3.05, 3.63) is 11.6 Å². The fourth-order valence-electron chi connectivity index (χ4n) is 3.08. The molecule has 1 saturated carbocycles. The van der Waals surface area contributed by atoms with Gasteiger partial charge in [0.15, 0.2) is 11.6 Å². The van der Waals surface area contributed by atoms with E-state index in [1.54, 1.807) is 7.11 Å². The highest BCUT2D eigenvalue weighted by atomic mass is 35.5. The maximum atomic E-state index is 12.5. The van der Waals surface area contributed by atoms with E-state index in [0.717, 1.165) is 30.9 Å². The first-order chi connectivity index (χ1) is 9.55. The van der Waals surface area contributed by atoms with Crippen molar-refractivity contribution in [1.29, 1.82) is 0 Å². The molecule has 8 heteroatoms. The van der Waals surface area contributed by atoms with E-state index in [1.807, 2.05) is 4.90 Å². The summed E-state index contributed by atoms with van der Waals surface area (Å²) in [6, 6.07) is 0.145. The Labute approximate surface area is 130 Å². The molecule has 0 unspecified atom stereocenters. The highest BCUT2D eigenvalue weighted by Gasteiger charge is 2.44. The number of hydrogen-bond acceptors (Lipinski definition) is 5. The van der Waals surface area contributed by atoms with Gasteiger partial charge in [0, 0.05) is 13.7 Å². The highest BCUT2D eigenvalue weighted by molar-refractivity contribution is 5.87. The lowest BCUT2D eigenvalue weighted by molar-refractivity contribution is -0.142. The van der Waals surface area contributed by atoms with Crippen LogP contribution in [-0.2, 0) is 22.7 Å². The highest BCUT2D eigenvalue weighted by Crippen LogP contribution is 2.33. The largest absolute Gasteiger partial charge is 0.377 e. The van der Waals surface area contributed by atoms with Crippen molar-refractivity contribution in [3.8, 4) is 0 Å². The van der Waals surface area contributed by atoms with E-state index in [1.165, 1.54) is 0 Å². The summed E-state index contributed by atoms with van der Waals surface area (Å²) in [6.45, 7) is 3.64. The Morgan fingerprint density at radius 2 is 2.19 bits per heavy atom. The van der Waals surface area contributed by atoms with Crippen LogP contribution in [0.25, 0.3) is 0 Å². The van der Waals surface area contributed by atoms with Gasteiger partial charge in [-0.25, -0.2) is 0 Å². The van der Waals surface area contributed by atoms with Crippen LogP contribution in [0.15, 0.2) is 0 Å². The van der Waals surface area contributed by atoms with Crippen molar-refractivity contribution in [2.75, 3.05) is 13.7 Å². The Kier molecular flexibility index (Phi) is 4.55. The normalized spacial score (nSPS) is 23.0. The molecule has 1 amide bonds. The maximum Gasteiger partial charge on any atom is 0.243 e. The third-order valence-corrected chi connectivity index (χ3v) is 4.33. The standard InChI is InChI=1S/C13H21N5O2.ClH/c1-9-6-17(12(19)13(14)4-3-5-13)7-10-15-16-11(8-20-2)18(9)10;/h9H,3-8,14H2,1-2H3;1H/t9-;/m0./s1. The van der Waals surface area contributed by atoms with E-state index < -0.39 is 5.54 Å². The van der Waals surface area contributed by atoms with Crippen molar-refractivity contribution >= 4 is 18.3 Å². The summed E-state index contributed by atoms with van der Waals surface area (Å²) in [7, 11) is 1.64. The monoisotopic (exact) mass is 315 g/mol. The number of carbonyl (C=O) groups is 1. The van der Waals surface area contributed by atoms with Gasteiger partial charge in [-0.1, -0.05) is 0 Å². The molecule has 21 heavy (non-hydrogen) atoms. The van der Waals surface area contributed by atoms with Gasteiger partial charge < -0.3 is 19.9 Å². The summed E-state index contributed by atoms with van der Waals surface area (Å²) in [4.78, 5) is 14.3. The van der Waals surface area contributed by atoms with Gasteiger partial charge in [-0.2, -0.15) is 0 Å². The average molecular weight is 316 g/mol. The minimum atomic E-state index is -0.642. The fourth-order valence-corrected chi connectivity index (χ4v) is 3.08. The molecule has 1 atom stereocenters. The fraction of sp³-hybridized carbons (Fsp3) is 0.769. The Balaban J connectivity index is 0.00000161. The van der Waals surface area contributed by atoms with E-state index in [0.29, 0.717) is 19.7 Å². The molecule has 0 spiro atoms. The number of ether oxygens (including phenoxy) is 1. The molecule has 0 bridgehead atoms. The molecule has 1 aliphatic carbocycles. The van der Waals surface area contributed by atoms with Gasteiger partial charge in [-0.05, 0) is 26.2 Å². The van der Waals surface area contributed by atoms with Gasteiger partial charge in [0.05, 0.1) is 18.1 Å². The second kappa shape index (κ2) is 5.90. The number of fused-ring (bicyclic) bond motifs is 1. The molecule has 0 radical (unpaired) electrons. The molecule has 3 rings (SSSR count). The number of carbonyl (C=O) groups excluding carboxylic acids is 1. The molecule has 1 aromatic rings. The molecule has 2 heterocycles. The second-order valence-electron chi connectivity index (χ2n) is 5.88. The first kappa shape index (κ1) is 16.2. The molecule has 1 fully saturated rings. The predicted molar refractivity (Wildman–Crippen MR) is 78.9 cm³/mol. The van der Waals surface area contributed by atoms with E-state index in [9.17, 15) is 4.79 Å². The van der Waals surface area contributed by atoms with Gasteiger partial charge in [-0.3, -0.25) is 4.79 Å². The third-order valence-electron chi connectivity index (χ3n) is 4.33. The maximum absolute atomic E-state index is 12.5. The Bertz CT molecular complexity index is 529. The zero-order valence-electron chi connectivity index (χ0n) is 12.4. The molecular formula is C13H22ClN5O2. The van der Waals surface area contributed by atoms with Crippen LogP contribution in [0.3, 0.4) is 0 Å². The van der Waals surface area contributed by atoms with E-state index in [2.05, 4.69) is 21.7 Å². The van der Waals surface area contributed by atoms with Gasteiger partial charge in [0.1, 0.15) is 6.61 Å². The zero-order valence-corrected chi connectivity index (χ0v) is 13.2. The Hall–Kier alpha value is -1.18. The van der Waals surface area contributed by atoms with Crippen molar-refractivity contribution in [2.24, 2.45) is 5.73 Å². The topological polar surface area (TPSA) is 86.3 Å². The van der Waals surface area contributed by atoms with Gasteiger partial charge in [0.2, 0.25) is 5.91 Å². The van der Waals surface area contributed by atoms with Gasteiger partial charge in [-0.15, -0.1) is 22.6 Å². The first-order valence-corrected chi connectivity index (χ1v) is 7.05. The number of methoxy groups -OCH3 is 1. The summed E-state index contributed by atoms with van der Waals surface area (Å²) in [5, 5.41) is 8.33.